The van der Waals surface area contributed by atoms with Crippen LogP contribution in [-0.2, 0) is 9.53 Å². The van der Waals surface area contributed by atoms with Gasteiger partial charge in [-0.05, 0) is 35.8 Å². The molecule has 0 spiro atoms. The lowest BCUT2D eigenvalue weighted by atomic mass is 10.1. The molecule has 1 aliphatic heterocycles. The Morgan fingerprint density at radius 1 is 1.45 bits per heavy atom. The summed E-state index contributed by atoms with van der Waals surface area (Å²) in [6.07, 6.45) is 1.89. The van der Waals surface area contributed by atoms with Crippen LogP contribution in [0.1, 0.15) is 40.4 Å². The number of morpholine rings is 1. The molecule has 2 heterocycles. The van der Waals surface area contributed by atoms with Crippen molar-refractivity contribution in [3.8, 4) is 0 Å². The molecule has 2 fully saturated rings. The highest BCUT2D eigenvalue weighted by Gasteiger charge is 2.32. The Balaban J connectivity index is 1.69. The Kier molecular flexibility index (Phi) is 3.76. The molecular formula is C14H17NO4S. The number of rotatable bonds is 4. The van der Waals surface area contributed by atoms with Crippen molar-refractivity contribution in [3.63, 3.8) is 0 Å². The number of carboxylic acids is 1. The van der Waals surface area contributed by atoms with Crippen molar-refractivity contribution < 1.29 is 19.4 Å². The van der Waals surface area contributed by atoms with Crippen LogP contribution in [0, 0.1) is 0 Å². The summed E-state index contributed by atoms with van der Waals surface area (Å²) in [4.78, 5) is 25.9. The smallest absolute Gasteiger partial charge is 0.306 e. The predicted octanol–water partition coefficient (Wildman–Crippen LogP) is 1.94. The van der Waals surface area contributed by atoms with E-state index >= 15 is 0 Å². The van der Waals surface area contributed by atoms with Gasteiger partial charge in [-0.3, -0.25) is 9.59 Å². The van der Waals surface area contributed by atoms with Gasteiger partial charge in [0.2, 0.25) is 0 Å². The van der Waals surface area contributed by atoms with Gasteiger partial charge in [-0.15, -0.1) is 11.3 Å². The van der Waals surface area contributed by atoms with Crippen molar-refractivity contribution in [2.75, 3.05) is 19.7 Å². The van der Waals surface area contributed by atoms with Crippen molar-refractivity contribution in [1.82, 2.24) is 4.90 Å². The average molecular weight is 295 g/mol. The lowest BCUT2D eigenvalue weighted by Gasteiger charge is -2.32. The van der Waals surface area contributed by atoms with Gasteiger partial charge in [0, 0.05) is 13.1 Å². The number of carbonyl (C=O) groups is 2. The van der Waals surface area contributed by atoms with Gasteiger partial charge < -0.3 is 14.7 Å². The monoisotopic (exact) mass is 295 g/mol. The second-order valence-electron chi connectivity index (χ2n) is 5.32. The molecule has 0 aromatic carbocycles. The lowest BCUT2D eigenvalue weighted by Crippen LogP contribution is -2.46. The first-order valence-corrected chi connectivity index (χ1v) is 7.73. The van der Waals surface area contributed by atoms with Crippen molar-refractivity contribution in [2.45, 2.75) is 31.3 Å². The summed E-state index contributed by atoms with van der Waals surface area (Å²) in [6, 6.07) is 2.05. The van der Waals surface area contributed by atoms with Gasteiger partial charge in [0.15, 0.2) is 0 Å². The summed E-state index contributed by atoms with van der Waals surface area (Å²) in [5.74, 6) is -0.310. The summed E-state index contributed by atoms with van der Waals surface area (Å²) in [5.41, 5.74) is 1.17. The largest absolute Gasteiger partial charge is 0.481 e. The number of hydrogen-bond acceptors (Lipinski definition) is 4. The number of carbonyl (C=O) groups excluding carboxylic acids is 1. The van der Waals surface area contributed by atoms with E-state index in [4.69, 9.17) is 9.84 Å². The van der Waals surface area contributed by atoms with Crippen LogP contribution in [0.4, 0.5) is 0 Å². The highest BCUT2D eigenvalue weighted by atomic mass is 32.1. The van der Waals surface area contributed by atoms with Crippen LogP contribution < -0.4 is 0 Å². The normalized spacial score (nSPS) is 22.8. The fourth-order valence-electron chi connectivity index (χ4n) is 2.57. The van der Waals surface area contributed by atoms with E-state index in [1.54, 1.807) is 4.90 Å². The minimum atomic E-state index is -0.890. The van der Waals surface area contributed by atoms with Crippen LogP contribution in [0.5, 0.6) is 0 Å². The molecule has 1 saturated carbocycles. The maximum Gasteiger partial charge on any atom is 0.306 e. The van der Waals surface area contributed by atoms with Gasteiger partial charge in [0.25, 0.3) is 5.91 Å². The molecule has 1 atom stereocenters. The molecule has 0 radical (unpaired) electrons. The van der Waals surface area contributed by atoms with Crippen molar-refractivity contribution in [1.29, 1.82) is 0 Å². The van der Waals surface area contributed by atoms with E-state index in [1.807, 2.05) is 11.4 Å². The third-order valence-electron chi connectivity index (χ3n) is 3.74. The van der Waals surface area contributed by atoms with Crippen LogP contribution in [0.3, 0.4) is 0 Å². The molecule has 1 aliphatic carbocycles. The SMILES string of the molecule is O=C(O)CC1CN(C(=O)c2sccc2C2CC2)CCO1. The third kappa shape index (κ3) is 2.86. The average Bonchev–Trinajstić information content (AvgIpc) is 3.15. The fraction of sp³-hybridized carbons (Fsp3) is 0.571. The second-order valence-corrected chi connectivity index (χ2v) is 6.24. The summed E-state index contributed by atoms with van der Waals surface area (Å²) in [5, 5.41) is 10.8. The standard InChI is InChI=1S/C14H17NO4S/c16-12(17)7-10-8-15(4-5-19-10)14(18)13-11(3-6-20-13)9-1-2-9/h3,6,9-10H,1-2,4-5,7-8H2,(H,16,17). The fourth-order valence-corrected chi connectivity index (χ4v) is 3.53. The van der Waals surface area contributed by atoms with Crippen LogP contribution in [0.25, 0.3) is 0 Å². The third-order valence-corrected chi connectivity index (χ3v) is 4.65. The minimum Gasteiger partial charge on any atom is -0.481 e. The van der Waals surface area contributed by atoms with Crippen LogP contribution >= 0.6 is 11.3 Å². The molecule has 2 aliphatic rings. The van der Waals surface area contributed by atoms with Crippen molar-refractivity contribution in [2.24, 2.45) is 0 Å². The molecule has 1 N–H and O–H groups in total. The number of nitrogens with zero attached hydrogens (tertiary/aromatic N) is 1. The zero-order valence-electron chi connectivity index (χ0n) is 11.1. The molecule has 1 aromatic rings. The van der Waals surface area contributed by atoms with Crippen LogP contribution in [0.15, 0.2) is 11.4 Å². The molecule has 1 unspecified atom stereocenters. The van der Waals surface area contributed by atoms with Crippen molar-refractivity contribution >= 4 is 23.2 Å². The summed E-state index contributed by atoms with van der Waals surface area (Å²) >= 11 is 1.49. The minimum absolute atomic E-state index is 0.0283. The van der Waals surface area contributed by atoms with Crippen molar-refractivity contribution in [3.05, 3.63) is 21.9 Å². The van der Waals surface area contributed by atoms with Gasteiger partial charge in [-0.25, -0.2) is 0 Å². The van der Waals surface area contributed by atoms with Gasteiger partial charge in [-0.1, -0.05) is 0 Å². The number of hydrogen-bond donors (Lipinski definition) is 1. The lowest BCUT2D eigenvalue weighted by molar-refractivity contribution is -0.141. The number of aliphatic carboxylic acids is 1. The Morgan fingerprint density at radius 3 is 2.95 bits per heavy atom. The quantitative estimate of drug-likeness (QED) is 0.922. The van der Waals surface area contributed by atoms with E-state index in [-0.39, 0.29) is 12.3 Å². The van der Waals surface area contributed by atoms with E-state index in [0.717, 1.165) is 4.88 Å². The topological polar surface area (TPSA) is 66.8 Å². The van der Waals surface area contributed by atoms with E-state index in [9.17, 15) is 9.59 Å². The molecule has 20 heavy (non-hydrogen) atoms. The molecular weight excluding hydrogens is 278 g/mol. The van der Waals surface area contributed by atoms with Gasteiger partial charge in [0.1, 0.15) is 0 Å². The number of ether oxygens (including phenoxy) is 1. The highest BCUT2D eigenvalue weighted by molar-refractivity contribution is 7.12. The molecule has 6 heteroatoms. The zero-order valence-corrected chi connectivity index (χ0v) is 11.9. The summed E-state index contributed by atoms with van der Waals surface area (Å²) in [7, 11) is 0. The first kappa shape index (κ1) is 13.6. The maximum atomic E-state index is 12.6. The Morgan fingerprint density at radius 2 is 2.25 bits per heavy atom. The maximum absolute atomic E-state index is 12.6. The highest BCUT2D eigenvalue weighted by Crippen LogP contribution is 2.43. The molecule has 0 bridgehead atoms. The van der Waals surface area contributed by atoms with Crippen LogP contribution in [-0.4, -0.2) is 47.7 Å². The summed E-state index contributed by atoms with van der Waals surface area (Å²) in [6.45, 7) is 1.32. The van der Waals surface area contributed by atoms with E-state index < -0.39 is 12.1 Å². The Hall–Kier alpha value is -1.40. The number of carboxylic acid groups (broad SMARTS) is 1. The first-order chi connectivity index (χ1) is 9.65. The van der Waals surface area contributed by atoms with Gasteiger partial charge in [-0.2, -0.15) is 0 Å². The molecule has 1 aromatic heterocycles. The zero-order chi connectivity index (χ0) is 14.1. The molecule has 1 saturated heterocycles. The van der Waals surface area contributed by atoms with Crippen LogP contribution in [0.2, 0.25) is 0 Å². The second kappa shape index (κ2) is 5.54. The summed E-state index contributed by atoms with van der Waals surface area (Å²) < 4.78 is 5.41. The Bertz CT molecular complexity index is 523. The van der Waals surface area contributed by atoms with E-state index in [1.165, 1.54) is 29.7 Å². The molecule has 3 rings (SSSR count). The predicted molar refractivity (Wildman–Crippen MR) is 74.2 cm³/mol. The number of amides is 1. The van der Waals surface area contributed by atoms with E-state index in [0.29, 0.717) is 25.6 Å². The first-order valence-electron chi connectivity index (χ1n) is 6.85. The molecule has 1 amide bonds. The molecule has 5 nitrogen and oxygen atoms in total. The molecule has 108 valence electrons. The Labute approximate surface area is 121 Å². The van der Waals surface area contributed by atoms with Gasteiger partial charge in [0.05, 0.1) is 24.0 Å². The van der Waals surface area contributed by atoms with Gasteiger partial charge >= 0.3 is 5.97 Å². The van der Waals surface area contributed by atoms with E-state index in [2.05, 4.69) is 0 Å². The number of thiophene rings is 1.